The minimum Gasteiger partial charge on any atom is -0.496 e. The normalized spacial score (nSPS) is 12.2. The summed E-state index contributed by atoms with van der Waals surface area (Å²) in [6.45, 7) is 1.52. The molecule has 0 aliphatic carbocycles. The van der Waals surface area contributed by atoms with Gasteiger partial charge in [-0.3, -0.25) is 0 Å². The van der Waals surface area contributed by atoms with E-state index in [4.69, 9.17) is 4.74 Å². The molecule has 0 N–H and O–H groups in total. The van der Waals surface area contributed by atoms with Crippen molar-refractivity contribution < 1.29 is 27.4 Å². The van der Waals surface area contributed by atoms with Crippen molar-refractivity contribution in [2.45, 2.75) is 13.1 Å². The maximum atomic E-state index is 13.0. The van der Waals surface area contributed by atoms with Gasteiger partial charge in [-0.15, -0.1) is 0 Å². The number of ether oxygens (including phenoxy) is 2. The molecule has 19 heavy (non-hydrogen) atoms. The van der Waals surface area contributed by atoms with E-state index in [0.717, 1.165) is 0 Å². The number of allylic oxidation sites excluding steroid dienone is 1. The Kier molecular flexibility index (Phi) is 4.97. The van der Waals surface area contributed by atoms with Gasteiger partial charge in [0.15, 0.2) is 0 Å². The Bertz CT molecular complexity index is 478. The number of methoxy groups -OCH3 is 1. The van der Waals surface area contributed by atoms with Crippen LogP contribution in [-0.2, 0) is 9.53 Å². The van der Waals surface area contributed by atoms with Gasteiger partial charge in [0.25, 0.3) is 0 Å². The van der Waals surface area contributed by atoms with Crippen LogP contribution >= 0.6 is 0 Å². The highest BCUT2D eigenvalue weighted by Crippen LogP contribution is 2.38. The number of benzene rings is 1. The molecule has 0 fully saturated rings. The quantitative estimate of drug-likeness (QED) is 0.624. The molecule has 0 spiro atoms. The minimum atomic E-state index is -4.68. The number of halogens is 3. The second-order valence-electron chi connectivity index (χ2n) is 3.51. The number of carbonyl (C=O) groups excluding carboxylic acids is 1. The van der Waals surface area contributed by atoms with Crippen LogP contribution in [0, 0.1) is 0 Å². The highest BCUT2D eigenvalue weighted by molar-refractivity contribution is 5.93. The Morgan fingerprint density at radius 3 is 2.47 bits per heavy atom. The van der Waals surface area contributed by atoms with Crippen molar-refractivity contribution in [1.29, 1.82) is 0 Å². The van der Waals surface area contributed by atoms with Crippen molar-refractivity contribution in [3.63, 3.8) is 0 Å². The molecule has 0 atom stereocenters. The second-order valence-corrected chi connectivity index (χ2v) is 3.51. The molecular formula is C13H13F3O3. The summed E-state index contributed by atoms with van der Waals surface area (Å²) >= 11 is 0. The van der Waals surface area contributed by atoms with E-state index >= 15 is 0 Å². The zero-order valence-corrected chi connectivity index (χ0v) is 10.5. The molecule has 1 aromatic carbocycles. The van der Waals surface area contributed by atoms with E-state index in [1.54, 1.807) is 6.07 Å². The van der Waals surface area contributed by atoms with Gasteiger partial charge in [0, 0.05) is 11.6 Å². The second kappa shape index (κ2) is 6.26. The van der Waals surface area contributed by atoms with Crippen molar-refractivity contribution in [1.82, 2.24) is 0 Å². The molecule has 0 aliphatic rings. The summed E-state index contributed by atoms with van der Waals surface area (Å²) in [5.41, 5.74) is -1.30. The molecule has 0 amide bonds. The van der Waals surface area contributed by atoms with E-state index in [2.05, 4.69) is 4.74 Å². The fourth-order valence-electron chi connectivity index (χ4n) is 1.48. The molecule has 0 bridgehead atoms. The van der Waals surface area contributed by atoms with E-state index in [-0.39, 0.29) is 17.9 Å². The van der Waals surface area contributed by atoms with Gasteiger partial charge in [-0.1, -0.05) is 18.2 Å². The lowest BCUT2D eigenvalue weighted by Gasteiger charge is -2.14. The summed E-state index contributed by atoms with van der Waals surface area (Å²) in [5.74, 6) is -1.00. The standard InChI is InChI=1S/C13H13F3O3/c1-3-19-12(17)8-10(13(14,15)16)9-6-4-5-7-11(9)18-2/h4-8H,3H2,1-2H3. The molecule has 0 saturated heterocycles. The summed E-state index contributed by atoms with van der Waals surface area (Å²) in [4.78, 5) is 11.2. The molecule has 0 radical (unpaired) electrons. The SMILES string of the molecule is CCOC(=O)C=C(c1ccccc1OC)C(F)(F)F. The lowest BCUT2D eigenvalue weighted by Crippen LogP contribution is -2.14. The van der Waals surface area contributed by atoms with Crippen molar-refractivity contribution in [2.24, 2.45) is 0 Å². The van der Waals surface area contributed by atoms with E-state index in [1.807, 2.05) is 0 Å². The molecule has 0 aromatic heterocycles. The van der Waals surface area contributed by atoms with Gasteiger partial charge in [-0.05, 0) is 13.0 Å². The van der Waals surface area contributed by atoms with E-state index in [1.165, 1.54) is 32.2 Å². The molecule has 0 heterocycles. The number of hydrogen-bond acceptors (Lipinski definition) is 3. The molecule has 1 rings (SSSR count). The third-order valence-electron chi connectivity index (χ3n) is 2.25. The average Bonchev–Trinajstić information content (AvgIpc) is 2.35. The molecule has 1 aromatic rings. The van der Waals surface area contributed by atoms with E-state index in [0.29, 0.717) is 6.08 Å². The van der Waals surface area contributed by atoms with Crippen molar-refractivity contribution in [3.05, 3.63) is 35.9 Å². The summed E-state index contributed by atoms with van der Waals surface area (Å²) in [7, 11) is 1.26. The van der Waals surface area contributed by atoms with Gasteiger partial charge >= 0.3 is 12.1 Å². The van der Waals surface area contributed by atoms with Gasteiger partial charge in [-0.25, -0.2) is 4.79 Å². The number of para-hydroxylation sites is 1. The van der Waals surface area contributed by atoms with Gasteiger partial charge in [0.1, 0.15) is 5.75 Å². The third kappa shape index (κ3) is 4.01. The topological polar surface area (TPSA) is 35.5 Å². The number of carbonyl (C=O) groups is 1. The average molecular weight is 274 g/mol. The Labute approximate surface area is 108 Å². The van der Waals surface area contributed by atoms with Gasteiger partial charge in [-0.2, -0.15) is 13.2 Å². The van der Waals surface area contributed by atoms with Crippen LogP contribution in [-0.4, -0.2) is 25.9 Å². The van der Waals surface area contributed by atoms with Crippen molar-refractivity contribution in [2.75, 3.05) is 13.7 Å². The Morgan fingerprint density at radius 1 is 1.32 bits per heavy atom. The lowest BCUT2D eigenvalue weighted by atomic mass is 10.0. The third-order valence-corrected chi connectivity index (χ3v) is 2.25. The Morgan fingerprint density at radius 2 is 1.95 bits per heavy atom. The maximum Gasteiger partial charge on any atom is 0.417 e. The zero-order chi connectivity index (χ0) is 14.5. The summed E-state index contributed by atoms with van der Waals surface area (Å²) in [6, 6.07) is 5.60. The number of esters is 1. The number of rotatable bonds is 4. The van der Waals surface area contributed by atoms with Gasteiger partial charge < -0.3 is 9.47 Å². The molecule has 0 unspecified atom stereocenters. The first-order valence-electron chi connectivity index (χ1n) is 5.49. The largest absolute Gasteiger partial charge is 0.496 e. The smallest absolute Gasteiger partial charge is 0.417 e. The molecule has 0 saturated carbocycles. The van der Waals surface area contributed by atoms with Crippen molar-refractivity contribution in [3.8, 4) is 5.75 Å². The maximum absolute atomic E-state index is 13.0. The zero-order valence-electron chi connectivity index (χ0n) is 10.5. The van der Waals surface area contributed by atoms with Crippen molar-refractivity contribution >= 4 is 11.5 Å². The highest BCUT2D eigenvalue weighted by atomic mass is 19.4. The predicted octanol–water partition coefficient (Wildman–Crippen LogP) is 3.20. The molecule has 6 heteroatoms. The van der Waals surface area contributed by atoms with Crippen LogP contribution in [0.15, 0.2) is 30.3 Å². The number of alkyl halides is 3. The summed E-state index contributed by atoms with van der Waals surface area (Å²) in [6.07, 6.45) is -4.25. The van der Waals surface area contributed by atoms with Crippen LogP contribution in [0.2, 0.25) is 0 Å². The van der Waals surface area contributed by atoms with Crippen LogP contribution < -0.4 is 4.74 Å². The van der Waals surface area contributed by atoms with Gasteiger partial charge in [0.2, 0.25) is 0 Å². The molecule has 104 valence electrons. The summed E-state index contributed by atoms with van der Waals surface area (Å²) < 4.78 is 48.3. The van der Waals surface area contributed by atoms with E-state index in [9.17, 15) is 18.0 Å². The summed E-state index contributed by atoms with van der Waals surface area (Å²) in [5, 5.41) is 0. The fourth-order valence-corrected chi connectivity index (χ4v) is 1.48. The first-order valence-corrected chi connectivity index (χ1v) is 5.49. The van der Waals surface area contributed by atoms with Crippen LogP contribution in [0.3, 0.4) is 0 Å². The Balaban J connectivity index is 3.29. The fraction of sp³-hybridized carbons (Fsp3) is 0.308. The van der Waals surface area contributed by atoms with Crippen LogP contribution in [0.25, 0.3) is 5.57 Å². The molecular weight excluding hydrogens is 261 g/mol. The van der Waals surface area contributed by atoms with Gasteiger partial charge in [0.05, 0.1) is 19.3 Å². The van der Waals surface area contributed by atoms with Crippen LogP contribution in [0.5, 0.6) is 5.75 Å². The minimum absolute atomic E-state index is 0.00634. The Hall–Kier alpha value is -1.98. The lowest BCUT2D eigenvalue weighted by molar-refractivity contribution is -0.137. The highest BCUT2D eigenvalue weighted by Gasteiger charge is 2.37. The predicted molar refractivity (Wildman–Crippen MR) is 63.7 cm³/mol. The first-order chi connectivity index (χ1) is 8.90. The molecule has 0 aliphatic heterocycles. The van der Waals surface area contributed by atoms with E-state index < -0.39 is 17.7 Å². The molecule has 3 nitrogen and oxygen atoms in total. The monoisotopic (exact) mass is 274 g/mol. The van der Waals surface area contributed by atoms with Crippen LogP contribution in [0.1, 0.15) is 12.5 Å². The number of hydrogen-bond donors (Lipinski definition) is 0. The van der Waals surface area contributed by atoms with Crippen LogP contribution in [0.4, 0.5) is 13.2 Å². The first kappa shape index (κ1) is 15.1.